The number of fused-ring (bicyclic) bond motifs is 1. The average Bonchev–Trinajstić information content (AvgIpc) is 2.85. The number of hydrogen-bond acceptors (Lipinski definition) is 3. The second-order valence-electron chi connectivity index (χ2n) is 5.23. The average molecular weight is 257 g/mol. The van der Waals surface area contributed by atoms with Crippen LogP contribution < -0.4 is 4.74 Å². The van der Waals surface area contributed by atoms with Gasteiger partial charge in [0.2, 0.25) is 0 Å². The van der Waals surface area contributed by atoms with Crippen molar-refractivity contribution in [1.82, 2.24) is 4.98 Å². The van der Waals surface area contributed by atoms with Crippen LogP contribution in [0.25, 0.3) is 10.9 Å². The van der Waals surface area contributed by atoms with Crippen LogP contribution in [0.15, 0.2) is 36.5 Å². The molecule has 3 heteroatoms. The first-order valence-electron chi connectivity index (χ1n) is 6.99. The van der Waals surface area contributed by atoms with E-state index in [1.807, 2.05) is 30.3 Å². The number of hydrogen-bond donors (Lipinski definition) is 1. The van der Waals surface area contributed by atoms with Gasteiger partial charge in [-0.3, -0.25) is 4.98 Å². The molecule has 3 nitrogen and oxygen atoms in total. The Bertz CT molecular complexity index is 550. The summed E-state index contributed by atoms with van der Waals surface area (Å²) in [5, 5.41) is 10.9. The Morgan fingerprint density at radius 2 is 2.11 bits per heavy atom. The van der Waals surface area contributed by atoms with Crippen LogP contribution in [0.4, 0.5) is 0 Å². The second kappa shape index (κ2) is 5.57. The Morgan fingerprint density at radius 1 is 1.21 bits per heavy atom. The summed E-state index contributed by atoms with van der Waals surface area (Å²) in [6.45, 7) is 0.650. The number of aliphatic hydroxyl groups excluding tert-OH is 1. The lowest BCUT2D eigenvalue weighted by Gasteiger charge is -2.15. The number of rotatable bonds is 4. The molecule has 1 heterocycles. The molecule has 1 fully saturated rings. The van der Waals surface area contributed by atoms with E-state index in [9.17, 15) is 5.11 Å². The molecule has 3 rings (SSSR count). The Hall–Kier alpha value is -1.61. The molecule has 0 bridgehead atoms. The van der Waals surface area contributed by atoms with Crippen molar-refractivity contribution < 1.29 is 9.84 Å². The zero-order chi connectivity index (χ0) is 13.1. The number of aromatic nitrogens is 1. The zero-order valence-electron chi connectivity index (χ0n) is 11.0. The summed E-state index contributed by atoms with van der Waals surface area (Å²) in [6, 6.07) is 9.96. The molecule has 0 amide bonds. The lowest BCUT2D eigenvalue weighted by Crippen LogP contribution is -2.16. The van der Waals surface area contributed by atoms with E-state index in [0.29, 0.717) is 12.5 Å². The lowest BCUT2D eigenvalue weighted by molar-refractivity contribution is 0.117. The van der Waals surface area contributed by atoms with E-state index in [2.05, 4.69) is 4.98 Å². The predicted octanol–water partition coefficient (Wildman–Crippen LogP) is 3.16. The smallest absolute Gasteiger partial charge is 0.145 e. The molecule has 1 saturated carbocycles. The van der Waals surface area contributed by atoms with E-state index in [-0.39, 0.29) is 6.10 Å². The van der Waals surface area contributed by atoms with Gasteiger partial charge in [0.25, 0.3) is 0 Å². The van der Waals surface area contributed by atoms with E-state index in [1.54, 1.807) is 6.20 Å². The van der Waals surface area contributed by atoms with E-state index < -0.39 is 0 Å². The lowest BCUT2D eigenvalue weighted by atomic mass is 10.0. The van der Waals surface area contributed by atoms with Gasteiger partial charge in [-0.1, -0.05) is 24.6 Å². The van der Waals surface area contributed by atoms with Crippen molar-refractivity contribution in [2.75, 3.05) is 6.61 Å². The summed E-state index contributed by atoms with van der Waals surface area (Å²) in [4.78, 5) is 4.37. The molecular weight excluding hydrogens is 238 g/mol. The number of aliphatic hydroxyl groups is 1. The molecule has 100 valence electrons. The van der Waals surface area contributed by atoms with Crippen molar-refractivity contribution >= 4 is 10.9 Å². The number of benzene rings is 1. The largest absolute Gasteiger partial charge is 0.491 e. The number of para-hydroxylation sites is 1. The highest BCUT2D eigenvalue weighted by Gasteiger charge is 2.24. The van der Waals surface area contributed by atoms with E-state index in [1.165, 1.54) is 0 Å². The summed E-state index contributed by atoms with van der Waals surface area (Å²) in [7, 11) is 0. The van der Waals surface area contributed by atoms with Crippen LogP contribution in [0, 0.1) is 5.92 Å². The van der Waals surface area contributed by atoms with Crippen molar-refractivity contribution in [3.05, 3.63) is 36.5 Å². The molecular formula is C16H19NO2. The van der Waals surface area contributed by atoms with Crippen LogP contribution in [-0.4, -0.2) is 22.8 Å². The molecule has 1 aliphatic carbocycles. The summed E-state index contributed by atoms with van der Waals surface area (Å²) < 4.78 is 5.86. The van der Waals surface area contributed by atoms with Gasteiger partial charge >= 0.3 is 0 Å². The topological polar surface area (TPSA) is 42.4 Å². The molecule has 0 radical (unpaired) electrons. The molecule has 0 aliphatic heterocycles. The van der Waals surface area contributed by atoms with Crippen molar-refractivity contribution in [1.29, 1.82) is 0 Å². The molecule has 1 aromatic carbocycles. The van der Waals surface area contributed by atoms with Crippen LogP contribution >= 0.6 is 0 Å². The minimum Gasteiger partial charge on any atom is -0.491 e. The third-order valence-corrected chi connectivity index (χ3v) is 3.96. The Labute approximate surface area is 113 Å². The van der Waals surface area contributed by atoms with E-state index in [4.69, 9.17) is 4.74 Å². The first kappa shape index (κ1) is 12.4. The van der Waals surface area contributed by atoms with Gasteiger partial charge in [-0.25, -0.2) is 0 Å². The standard InChI is InChI=1S/C16H19NO2/c18-14-7-1-4-12(14)9-11-19-15-8-2-5-13-6-3-10-17-16(13)15/h2-3,5-6,8,10,12,14,18H,1,4,7,9,11H2. The zero-order valence-corrected chi connectivity index (χ0v) is 11.0. The Morgan fingerprint density at radius 3 is 2.95 bits per heavy atom. The molecule has 1 aromatic heterocycles. The third kappa shape index (κ3) is 2.71. The normalized spacial score (nSPS) is 22.8. The fourth-order valence-electron chi connectivity index (χ4n) is 2.87. The van der Waals surface area contributed by atoms with Gasteiger partial charge in [-0.05, 0) is 37.3 Å². The minimum absolute atomic E-state index is 0.130. The van der Waals surface area contributed by atoms with Gasteiger partial charge in [0.05, 0.1) is 12.7 Å². The van der Waals surface area contributed by atoms with Gasteiger partial charge in [-0.2, -0.15) is 0 Å². The SMILES string of the molecule is OC1CCCC1CCOc1cccc2cccnc12. The van der Waals surface area contributed by atoms with Gasteiger partial charge in [0, 0.05) is 11.6 Å². The van der Waals surface area contributed by atoms with Crippen molar-refractivity contribution in [3.63, 3.8) is 0 Å². The highest BCUT2D eigenvalue weighted by molar-refractivity contribution is 5.84. The van der Waals surface area contributed by atoms with Gasteiger partial charge in [0.15, 0.2) is 0 Å². The maximum atomic E-state index is 9.79. The molecule has 0 spiro atoms. The first-order valence-corrected chi connectivity index (χ1v) is 6.99. The van der Waals surface area contributed by atoms with Gasteiger partial charge < -0.3 is 9.84 Å². The molecule has 2 aromatic rings. The molecule has 1 aliphatic rings. The highest BCUT2D eigenvalue weighted by Crippen LogP contribution is 2.29. The summed E-state index contributed by atoms with van der Waals surface area (Å²) in [5.41, 5.74) is 0.914. The van der Waals surface area contributed by atoms with Gasteiger partial charge in [-0.15, -0.1) is 0 Å². The molecule has 2 atom stereocenters. The predicted molar refractivity (Wildman–Crippen MR) is 75.2 cm³/mol. The van der Waals surface area contributed by atoms with Crippen LogP contribution in [0.1, 0.15) is 25.7 Å². The maximum Gasteiger partial charge on any atom is 0.145 e. The Kier molecular flexibility index (Phi) is 3.65. The monoisotopic (exact) mass is 257 g/mol. The molecule has 1 N–H and O–H groups in total. The number of ether oxygens (including phenoxy) is 1. The van der Waals surface area contributed by atoms with Crippen LogP contribution in [0.3, 0.4) is 0 Å². The fraction of sp³-hybridized carbons (Fsp3) is 0.438. The van der Waals surface area contributed by atoms with E-state index >= 15 is 0 Å². The number of nitrogens with zero attached hydrogens (tertiary/aromatic N) is 1. The molecule has 19 heavy (non-hydrogen) atoms. The van der Waals surface area contributed by atoms with E-state index in [0.717, 1.165) is 42.3 Å². The summed E-state index contributed by atoms with van der Waals surface area (Å²) in [6.07, 6.45) is 5.79. The third-order valence-electron chi connectivity index (χ3n) is 3.96. The van der Waals surface area contributed by atoms with Crippen LogP contribution in [0.5, 0.6) is 5.75 Å². The minimum atomic E-state index is -0.130. The fourth-order valence-corrected chi connectivity index (χ4v) is 2.87. The Balaban J connectivity index is 1.65. The summed E-state index contributed by atoms with van der Waals surface area (Å²) in [5.74, 6) is 1.24. The van der Waals surface area contributed by atoms with Crippen LogP contribution in [0.2, 0.25) is 0 Å². The molecule has 2 unspecified atom stereocenters. The van der Waals surface area contributed by atoms with Crippen molar-refractivity contribution in [2.45, 2.75) is 31.8 Å². The maximum absolute atomic E-state index is 9.79. The quantitative estimate of drug-likeness (QED) is 0.914. The first-order chi connectivity index (χ1) is 9.34. The van der Waals surface area contributed by atoms with Gasteiger partial charge in [0.1, 0.15) is 11.3 Å². The van der Waals surface area contributed by atoms with Crippen molar-refractivity contribution in [3.8, 4) is 5.75 Å². The number of pyridine rings is 1. The highest BCUT2D eigenvalue weighted by atomic mass is 16.5. The van der Waals surface area contributed by atoms with Crippen molar-refractivity contribution in [2.24, 2.45) is 5.92 Å². The van der Waals surface area contributed by atoms with Crippen LogP contribution in [-0.2, 0) is 0 Å². The second-order valence-corrected chi connectivity index (χ2v) is 5.23. The molecule has 0 saturated heterocycles. The summed E-state index contributed by atoms with van der Waals surface area (Å²) >= 11 is 0.